The van der Waals surface area contributed by atoms with Crippen molar-refractivity contribution in [3.63, 3.8) is 0 Å². The molecule has 0 saturated heterocycles. The van der Waals surface area contributed by atoms with Gasteiger partial charge in [-0.2, -0.15) is 0 Å². The molecule has 3 aromatic carbocycles. The first-order chi connectivity index (χ1) is 13.6. The van der Waals surface area contributed by atoms with Crippen LogP contribution in [0.4, 0.5) is 0 Å². The molecule has 0 heterocycles. The Morgan fingerprint density at radius 2 is 1.10 bits per heavy atom. The summed E-state index contributed by atoms with van der Waals surface area (Å²) in [5.74, 6) is 0. The topological polar surface area (TPSA) is 0 Å². The van der Waals surface area contributed by atoms with E-state index in [9.17, 15) is 0 Å². The summed E-state index contributed by atoms with van der Waals surface area (Å²) < 4.78 is 0. The molecule has 0 bridgehead atoms. The lowest BCUT2D eigenvalue weighted by molar-refractivity contribution is 0.365. The molecule has 0 N–H and O–H groups in total. The standard InChI is InChI=1S/C16H20.C13H20/c1-16(2,3)11-10-13-8-9-14-6-4-5-7-15(14)12-13;1-13(2,3)11-7-10-12-8-5-4-6-9-12/h4-9,12H,10-11H2,1-3H3;4-6,8-9H,7,10-11H2,1-3H3. The van der Waals surface area contributed by atoms with Gasteiger partial charge in [-0.3, -0.25) is 0 Å². The third-order valence-electron chi connectivity index (χ3n) is 5.21. The third-order valence-corrected chi connectivity index (χ3v) is 5.21. The van der Waals surface area contributed by atoms with E-state index in [0.717, 1.165) is 0 Å². The molecular formula is C29H40. The molecule has 0 aliphatic rings. The highest BCUT2D eigenvalue weighted by Gasteiger charge is 2.10. The van der Waals surface area contributed by atoms with E-state index >= 15 is 0 Å². The largest absolute Gasteiger partial charge is 0.0622 e. The van der Waals surface area contributed by atoms with Gasteiger partial charge in [-0.15, -0.1) is 0 Å². The fraction of sp³-hybridized carbons (Fsp3) is 0.448. The first-order valence-corrected chi connectivity index (χ1v) is 11.1. The molecule has 3 rings (SSSR count). The molecule has 0 heteroatoms. The summed E-state index contributed by atoms with van der Waals surface area (Å²) in [5, 5.41) is 2.69. The molecule has 29 heavy (non-hydrogen) atoms. The fourth-order valence-corrected chi connectivity index (χ4v) is 3.38. The lowest BCUT2D eigenvalue weighted by atomic mass is 9.88. The van der Waals surface area contributed by atoms with Crippen LogP contribution in [0.1, 0.15) is 71.9 Å². The first-order valence-electron chi connectivity index (χ1n) is 11.1. The van der Waals surface area contributed by atoms with Crippen molar-refractivity contribution >= 4 is 10.8 Å². The zero-order chi connectivity index (χ0) is 21.3. The SMILES string of the molecule is CC(C)(C)CCCc1ccccc1.CC(C)(C)CCc1ccc2ccccc2c1. The van der Waals surface area contributed by atoms with E-state index in [-0.39, 0.29) is 0 Å². The van der Waals surface area contributed by atoms with E-state index in [1.807, 2.05) is 0 Å². The molecule has 0 atom stereocenters. The van der Waals surface area contributed by atoms with E-state index < -0.39 is 0 Å². The first kappa shape index (κ1) is 23.2. The second-order valence-corrected chi connectivity index (χ2v) is 10.6. The van der Waals surface area contributed by atoms with Crippen molar-refractivity contribution in [1.82, 2.24) is 0 Å². The Morgan fingerprint density at radius 3 is 1.72 bits per heavy atom. The quantitative estimate of drug-likeness (QED) is 0.409. The van der Waals surface area contributed by atoms with Crippen LogP contribution >= 0.6 is 0 Å². The number of rotatable bonds is 5. The van der Waals surface area contributed by atoms with Crippen LogP contribution in [-0.4, -0.2) is 0 Å². The second kappa shape index (κ2) is 10.6. The molecule has 0 aromatic heterocycles. The fourth-order valence-electron chi connectivity index (χ4n) is 3.38. The van der Waals surface area contributed by atoms with Crippen LogP contribution in [0.5, 0.6) is 0 Å². The van der Waals surface area contributed by atoms with Gasteiger partial charge in [0.15, 0.2) is 0 Å². The molecule has 0 spiro atoms. The van der Waals surface area contributed by atoms with E-state index in [4.69, 9.17) is 0 Å². The highest BCUT2D eigenvalue weighted by atomic mass is 14.2. The molecule has 3 aromatic rings. The van der Waals surface area contributed by atoms with Gasteiger partial charge in [0.25, 0.3) is 0 Å². The maximum absolute atomic E-state index is 2.32. The van der Waals surface area contributed by atoms with E-state index in [0.29, 0.717) is 10.8 Å². The number of aryl methyl sites for hydroxylation is 2. The number of fused-ring (bicyclic) bond motifs is 1. The molecular weight excluding hydrogens is 348 g/mol. The van der Waals surface area contributed by atoms with Crippen LogP contribution in [0.25, 0.3) is 10.8 Å². The molecule has 0 fully saturated rings. The summed E-state index contributed by atoms with van der Waals surface area (Å²) in [6.07, 6.45) is 6.24. The molecule has 0 amide bonds. The molecule has 0 radical (unpaired) electrons. The summed E-state index contributed by atoms with van der Waals surface area (Å²) in [6.45, 7) is 13.8. The van der Waals surface area contributed by atoms with Gasteiger partial charge in [0.2, 0.25) is 0 Å². The van der Waals surface area contributed by atoms with Gasteiger partial charge < -0.3 is 0 Å². The van der Waals surface area contributed by atoms with Crippen LogP contribution in [0.3, 0.4) is 0 Å². The summed E-state index contributed by atoms with van der Waals surface area (Å²) in [5.41, 5.74) is 3.82. The minimum atomic E-state index is 0.422. The minimum Gasteiger partial charge on any atom is -0.0622 e. The van der Waals surface area contributed by atoms with Gasteiger partial charge in [0.1, 0.15) is 0 Å². The molecule has 0 aliphatic heterocycles. The minimum absolute atomic E-state index is 0.422. The van der Waals surface area contributed by atoms with Crippen molar-refractivity contribution in [2.45, 2.75) is 73.6 Å². The van der Waals surface area contributed by atoms with Crippen LogP contribution in [-0.2, 0) is 12.8 Å². The number of benzene rings is 3. The Morgan fingerprint density at radius 1 is 0.517 bits per heavy atom. The van der Waals surface area contributed by atoms with Crippen molar-refractivity contribution in [3.8, 4) is 0 Å². The molecule has 0 unspecified atom stereocenters. The van der Waals surface area contributed by atoms with Crippen molar-refractivity contribution in [3.05, 3.63) is 83.9 Å². The molecule has 156 valence electrons. The lowest BCUT2D eigenvalue weighted by Crippen LogP contribution is -2.06. The predicted octanol–water partition coefficient (Wildman–Crippen LogP) is 8.87. The maximum Gasteiger partial charge on any atom is -0.0181 e. The zero-order valence-corrected chi connectivity index (χ0v) is 19.5. The van der Waals surface area contributed by atoms with Gasteiger partial charge in [-0.1, -0.05) is 114 Å². The van der Waals surface area contributed by atoms with Gasteiger partial charge in [-0.05, 0) is 64.8 Å². The summed E-state index contributed by atoms with van der Waals surface area (Å²) >= 11 is 0. The summed E-state index contributed by atoms with van der Waals surface area (Å²) in [6, 6.07) is 26.1. The van der Waals surface area contributed by atoms with Crippen molar-refractivity contribution in [1.29, 1.82) is 0 Å². The molecule has 0 saturated carbocycles. The summed E-state index contributed by atoms with van der Waals surface area (Å²) in [4.78, 5) is 0. The lowest BCUT2D eigenvalue weighted by Gasteiger charge is -2.17. The normalized spacial score (nSPS) is 11.8. The molecule has 0 nitrogen and oxygen atoms in total. The van der Waals surface area contributed by atoms with Gasteiger partial charge in [0, 0.05) is 0 Å². The number of hydrogen-bond acceptors (Lipinski definition) is 0. The Kier molecular flexibility index (Phi) is 8.50. The average molecular weight is 389 g/mol. The second-order valence-electron chi connectivity index (χ2n) is 10.6. The maximum atomic E-state index is 2.32. The average Bonchev–Trinajstić information content (AvgIpc) is 2.66. The van der Waals surface area contributed by atoms with E-state index in [1.165, 1.54) is 54.0 Å². The smallest absolute Gasteiger partial charge is 0.0181 e. The van der Waals surface area contributed by atoms with Gasteiger partial charge in [0.05, 0.1) is 0 Å². The van der Waals surface area contributed by atoms with Crippen LogP contribution < -0.4 is 0 Å². The van der Waals surface area contributed by atoms with Crippen LogP contribution in [0.15, 0.2) is 72.8 Å². The number of hydrogen-bond donors (Lipinski definition) is 0. The Labute approximate surface area is 179 Å². The van der Waals surface area contributed by atoms with Crippen molar-refractivity contribution in [2.24, 2.45) is 10.8 Å². The van der Waals surface area contributed by atoms with E-state index in [1.54, 1.807) is 0 Å². The summed E-state index contributed by atoms with van der Waals surface area (Å²) in [7, 11) is 0. The molecule has 0 aliphatic carbocycles. The Hall–Kier alpha value is -2.08. The van der Waals surface area contributed by atoms with E-state index in [2.05, 4.69) is 114 Å². The monoisotopic (exact) mass is 388 g/mol. The highest BCUT2D eigenvalue weighted by molar-refractivity contribution is 5.82. The van der Waals surface area contributed by atoms with Crippen molar-refractivity contribution in [2.75, 3.05) is 0 Å². The Balaban J connectivity index is 0.000000212. The van der Waals surface area contributed by atoms with Gasteiger partial charge >= 0.3 is 0 Å². The van der Waals surface area contributed by atoms with Crippen molar-refractivity contribution < 1.29 is 0 Å². The predicted molar refractivity (Wildman–Crippen MR) is 131 cm³/mol. The third kappa shape index (κ3) is 9.79. The van der Waals surface area contributed by atoms with Crippen LogP contribution in [0, 0.1) is 10.8 Å². The Bertz CT molecular complexity index is 844. The highest BCUT2D eigenvalue weighted by Crippen LogP contribution is 2.23. The van der Waals surface area contributed by atoms with Crippen LogP contribution in [0.2, 0.25) is 0 Å². The van der Waals surface area contributed by atoms with Gasteiger partial charge in [-0.25, -0.2) is 0 Å². The zero-order valence-electron chi connectivity index (χ0n) is 19.5.